The van der Waals surface area contributed by atoms with Crippen LogP contribution < -0.4 is 25.2 Å². The van der Waals surface area contributed by atoms with Crippen LogP contribution in [-0.4, -0.2) is 35.9 Å². The molecule has 0 atom stereocenters. The van der Waals surface area contributed by atoms with Gasteiger partial charge in [0.15, 0.2) is 6.61 Å². The molecule has 10 nitrogen and oxygen atoms in total. The third-order valence-electron chi connectivity index (χ3n) is 4.02. The molecule has 29 heavy (non-hydrogen) atoms. The standard InChI is InChI=1S/C17H20N4O6S2/c1-2-7-19-13-5-3-11(28(18,23)24)8-14(13)21-29(25,26)12-4-6-16-15(9-12)20-17(22)10-27-16/h3-6,8-9,19,21H,2,7,10H2,1H3,(H,20,22)(H2,18,23,24). The molecular formula is C17H20N4O6S2. The lowest BCUT2D eigenvalue weighted by Gasteiger charge is -2.19. The van der Waals surface area contributed by atoms with E-state index in [0.717, 1.165) is 12.5 Å². The molecule has 5 N–H and O–H groups in total. The van der Waals surface area contributed by atoms with E-state index in [-0.39, 0.29) is 27.8 Å². The van der Waals surface area contributed by atoms with Crippen LogP contribution in [0.4, 0.5) is 17.1 Å². The molecule has 0 fully saturated rings. The number of benzene rings is 2. The molecule has 3 rings (SSSR count). The Morgan fingerprint density at radius 3 is 2.48 bits per heavy atom. The van der Waals surface area contributed by atoms with E-state index in [1.165, 1.54) is 30.3 Å². The Hall–Kier alpha value is -2.83. The van der Waals surface area contributed by atoms with Gasteiger partial charge in [0.05, 0.1) is 26.9 Å². The van der Waals surface area contributed by atoms with Gasteiger partial charge in [0, 0.05) is 6.54 Å². The average Bonchev–Trinajstić information content (AvgIpc) is 2.65. The number of hydrogen-bond acceptors (Lipinski definition) is 7. The predicted octanol–water partition coefficient (Wildman–Crippen LogP) is 1.29. The Morgan fingerprint density at radius 2 is 1.79 bits per heavy atom. The number of nitrogens with two attached hydrogens (primary N) is 1. The Kier molecular flexibility index (Phi) is 5.68. The van der Waals surface area contributed by atoms with Gasteiger partial charge in [-0.2, -0.15) is 0 Å². The van der Waals surface area contributed by atoms with Crippen molar-refractivity contribution in [1.82, 2.24) is 0 Å². The van der Waals surface area contributed by atoms with Crippen molar-refractivity contribution in [1.29, 1.82) is 0 Å². The topological polar surface area (TPSA) is 157 Å². The van der Waals surface area contributed by atoms with E-state index in [9.17, 15) is 21.6 Å². The van der Waals surface area contributed by atoms with Crippen LogP contribution in [0.3, 0.4) is 0 Å². The lowest BCUT2D eigenvalue weighted by molar-refractivity contribution is -0.118. The van der Waals surface area contributed by atoms with Crippen LogP contribution in [0, 0.1) is 0 Å². The molecule has 0 saturated heterocycles. The molecule has 156 valence electrons. The van der Waals surface area contributed by atoms with Gasteiger partial charge in [-0.05, 0) is 42.8 Å². The summed E-state index contributed by atoms with van der Waals surface area (Å²) in [5.74, 6) is -0.0445. The second-order valence-corrected chi connectivity index (χ2v) is 9.52. The first-order valence-electron chi connectivity index (χ1n) is 8.60. The third-order valence-corrected chi connectivity index (χ3v) is 6.30. The SMILES string of the molecule is CCCNc1ccc(S(N)(=O)=O)cc1NS(=O)(=O)c1ccc2c(c1)NC(=O)CO2. The second kappa shape index (κ2) is 7.89. The number of carbonyl (C=O) groups excluding carboxylic acids is 1. The summed E-state index contributed by atoms with van der Waals surface area (Å²) in [5.41, 5.74) is 0.659. The van der Waals surface area contributed by atoms with E-state index in [0.29, 0.717) is 18.0 Å². The van der Waals surface area contributed by atoms with E-state index in [4.69, 9.17) is 9.88 Å². The van der Waals surface area contributed by atoms with Gasteiger partial charge >= 0.3 is 0 Å². The van der Waals surface area contributed by atoms with E-state index in [1.54, 1.807) is 0 Å². The molecule has 0 aromatic heterocycles. The minimum atomic E-state index is -4.11. The average molecular weight is 441 g/mol. The zero-order valence-corrected chi connectivity index (χ0v) is 17.1. The monoisotopic (exact) mass is 440 g/mol. The number of anilines is 3. The Balaban J connectivity index is 1.99. The van der Waals surface area contributed by atoms with Gasteiger partial charge in [-0.25, -0.2) is 22.0 Å². The molecule has 1 aliphatic heterocycles. The van der Waals surface area contributed by atoms with Gasteiger partial charge in [-0.3, -0.25) is 9.52 Å². The Bertz CT molecular complexity index is 1160. The number of sulfonamides is 2. The van der Waals surface area contributed by atoms with Crippen LogP contribution in [0.5, 0.6) is 5.75 Å². The van der Waals surface area contributed by atoms with Crippen molar-refractivity contribution in [3.8, 4) is 5.75 Å². The van der Waals surface area contributed by atoms with E-state index in [2.05, 4.69) is 15.4 Å². The molecule has 0 unspecified atom stereocenters. The Labute approximate surface area is 168 Å². The number of nitrogens with one attached hydrogen (secondary N) is 3. The fraction of sp³-hybridized carbons (Fsp3) is 0.235. The lowest BCUT2D eigenvalue weighted by Crippen LogP contribution is -2.25. The summed E-state index contributed by atoms with van der Waals surface area (Å²) in [6, 6.07) is 7.89. The van der Waals surface area contributed by atoms with Crippen LogP contribution in [-0.2, 0) is 24.8 Å². The molecular weight excluding hydrogens is 420 g/mol. The first-order valence-corrected chi connectivity index (χ1v) is 11.6. The van der Waals surface area contributed by atoms with Gasteiger partial charge in [0.2, 0.25) is 10.0 Å². The second-order valence-electron chi connectivity index (χ2n) is 6.28. The summed E-state index contributed by atoms with van der Waals surface area (Å²) < 4.78 is 56.7. The van der Waals surface area contributed by atoms with Crippen LogP contribution in [0.15, 0.2) is 46.2 Å². The maximum atomic E-state index is 12.9. The molecule has 2 aromatic carbocycles. The molecule has 0 saturated carbocycles. The summed E-state index contributed by atoms with van der Waals surface area (Å²) in [4.78, 5) is 11.1. The van der Waals surface area contributed by atoms with Gasteiger partial charge in [-0.15, -0.1) is 0 Å². The smallest absolute Gasteiger partial charge is 0.262 e. The number of carbonyl (C=O) groups is 1. The van der Waals surface area contributed by atoms with Gasteiger partial charge in [-0.1, -0.05) is 6.92 Å². The van der Waals surface area contributed by atoms with E-state index < -0.39 is 26.0 Å². The molecule has 12 heteroatoms. The minimum Gasteiger partial charge on any atom is -0.482 e. The van der Waals surface area contributed by atoms with Crippen molar-refractivity contribution in [2.24, 2.45) is 5.14 Å². The van der Waals surface area contributed by atoms with E-state index in [1.807, 2.05) is 6.92 Å². The van der Waals surface area contributed by atoms with Crippen molar-refractivity contribution in [3.05, 3.63) is 36.4 Å². The molecule has 0 aliphatic carbocycles. The molecule has 2 aromatic rings. The number of primary sulfonamides is 1. The first-order chi connectivity index (χ1) is 13.6. The van der Waals surface area contributed by atoms with Crippen molar-refractivity contribution < 1.29 is 26.4 Å². The minimum absolute atomic E-state index is 0.0305. The van der Waals surface area contributed by atoms with Crippen molar-refractivity contribution in [2.75, 3.05) is 28.5 Å². The molecule has 0 spiro atoms. The van der Waals surface area contributed by atoms with Gasteiger partial charge in [0.25, 0.3) is 15.9 Å². The van der Waals surface area contributed by atoms with Gasteiger partial charge in [0.1, 0.15) is 5.75 Å². The molecule has 1 aliphatic rings. The highest BCUT2D eigenvalue weighted by molar-refractivity contribution is 7.92. The molecule has 1 heterocycles. The highest BCUT2D eigenvalue weighted by Gasteiger charge is 2.22. The summed E-state index contributed by atoms with van der Waals surface area (Å²) in [5, 5.41) is 10.7. The number of fused-ring (bicyclic) bond motifs is 1. The van der Waals surface area contributed by atoms with Crippen LogP contribution >= 0.6 is 0 Å². The maximum absolute atomic E-state index is 12.9. The number of ether oxygens (including phenoxy) is 1. The first kappa shape index (κ1) is 20.9. The van der Waals surface area contributed by atoms with E-state index >= 15 is 0 Å². The van der Waals surface area contributed by atoms with Crippen LogP contribution in [0.2, 0.25) is 0 Å². The van der Waals surface area contributed by atoms with Crippen molar-refractivity contribution >= 4 is 43.0 Å². The van der Waals surface area contributed by atoms with Crippen molar-refractivity contribution in [3.63, 3.8) is 0 Å². The fourth-order valence-electron chi connectivity index (χ4n) is 2.63. The summed E-state index contributed by atoms with van der Waals surface area (Å²) >= 11 is 0. The molecule has 1 amide bonds. The molecule has 0 bridgehead atoms. The largest absolute Gasteiger partial charge is 0.482 e. The highest BCUT2D eigenvalue weighted by atomic mass is 32.2. The normalized spacial score (nSPS) is 13.8. The highest BCUT2D eigenvalue weighted by Crippen LogP contribution is 2.32. The zero-order chi connectivity index (χ0) is 21.2. The maximum Gasteiger partial charge on any atom is 0.262 e. The van der Waals surface area contributed by atoms with Crippen LogP contribution in [0.25, 0.3) is 0 Å². The molecule has 0 radical (unpaired) electrons. The van der Waals surface area contributed by atoms with Crippen LogP contribution in [0.1, 0.15) is 13.3 Å². The summed E-state index contributed by atoms with van der Waals surface area (Å²) in [6.45, 7) is 2.33. The zero-order valence-electron chi connectivity index (χ0n) is 15.4. The number of amides is 1. The number of rotatable bonds is 7. The predicted molar refractivity (Wildman–Crippen MR) is 108 cm³/mol. The lowest BCUT2D eigenvalue weighted by atomic mass is 10.2. The summed E-state index contributed by atoms with van der Waals surface area (Å²) in [7, 11) is -8.13. The fourth-order valence-corrected chi connectivity index (χ4v) is 4.27. The Morgan fingerprint density at radius 1 is 1.07 bits per heavy atom. The number of hydrogen-bond donors (Lipinski definition) is 4. The summed E-state index contributed by atoms with van der Waals surface area (Å²) in [6.07, 6.45) is 0.771. The van der Waals surface area contributed by atoms with Gasteiger partial charge < -0.3 is 15.4 Å². The third kappa shape index (κ3) is 4.78. The quantitative estimate of drug-likeness (QED) is 0.505. The van der Waals surface area contributed by atoms with Crippen molar-refractivity contribution in [2.45, 2.75) is 23.1 Å².